The van der Waals surface area contributed by atoms with Crippen molar-refractivity contribution in [2.75, 3.05) is 22.7 Å². The third-order valence-corrected chi connectivity index (χ3v) is 7.56. The maximum absolute atomic E-state index is 15.2. The van der Waals surface area contributed by atoms with E-state index in [4.69, 9.17) is 9.47 Å². The number of amides is 1. The first kappa shape index (κ1) is 27.7. The van der Waals surface area contributed by atoms with Crippen molar-refractivity contribution >= 4 is 39.0 Å². The highest BCUT2D eigenvalue weighted by Crippen LogP contribution is 2.32. The van der Waals surface area contributed by atoms with E-state index in [2.05, 4.69) is 15.6 Å². The van der Waals surface area contributed by atoms with Gasteiger partial charge < -0.3 is 20.1 Å². The highest BCUT2D eigenvalue weighted by molar-refractivity contribution is 7.93. The standard InChI is InChI=1S/C24H25F3N4O5S2/c1-24(2,3)36-23(32)31(21-12-37-13-30-21)38(33,34)22-18(26)7-14(8-19(22)27)29-11-16-17(25)5-4-6-20(16)35-15-9-28-10-15/h4-8,12-13,15,28-29H,9-11H2,1-3H3. The van der Waals surface area contributed by atoms with E-state index in [0.29, 0.717) is 13.1 Å². The van der Waals surface area contributed by atoms with Gasteiger partial charge in [0.25, 0.3) is 10.0 Å². The molecule has 0 aliphatic carbocycles. The lowest BCUT2D eigenvalue weighted by molar-refractivity contribution is 0.0608. The number of rotatable bonds is 8. The van der Waals surface area contributed by atoms with Gasteiger partial charge in [-0.25, -0.2) is 31.4 Å². The average molecular weight is 571 g/mol. The van der Waals surface area contributed by atoms with Crippen LogP contribution in [-0.2, 0) is 21.3 Å². The molecule has 2 heterocycles. The van der Waals surface area contributed by atoms with Gasteiger partial charge in [0.05, 0.1) is 5.51 Å². The molecule has 0 saturated carbocycles. The van der Waals surface area contributed by atoms with Gasteiger partial charge >= 0.3 is 6.09 Å². The Hall–Kier alpha value is -3.36. The number of halogens is 3. The first-order valence-electron chi connectivity index (χ1n) is 11.4. The van der Waals surface area contributed by atoms with Crippen molar-refractivity contribution < 1.29 is 35.9 Å². The summed E-state index contributed by atoms with van der Waals surface area (Å²) in [6, 6.07) is 5.77. The molecule has 1 amide bonds. The molecule has 14 heteroatoms. The van der Waals surface area contributed by atoms with Gasteiger partial charge in [0.1, 0.15) is 34.9 Å². The molecule has 4 rings (SSSR count). The second-order valence-corrected chi connectivity index (χ2v) is 11.8. The first-order valence-corrected chi connectivity index (χ1v) is 13.8. The fraction of sp³-hybridized carbons (Fsp3) is 0.333. The molecule has 0 radical (unpaired) electrons. The maximum atomic E-state index is 15.2. The Labute approximate surface area is 221 Å². The second-order valence-electron chi connectivity index (χ2n) is 9.33. The molecule has 1 aromatic heterocycles. The van der Waals surface area contributed by atoms with E-state index < -0.39 is 44.1 Å². The Morgan fingerprint density at radius 2 is 1.87 bits per heavy atom. The zero-order valence-corrected chi connectivity index (χ0v) is 22.3. The summed E-state index contributed by atoms with van der Waals surface area (Å²) in [5.41, 5.74) is 0.132. The molecule has 1 saturated heterocycles. The summed E-state index contributed by atoms with van der Waals surface area (Å²) in [6.45, 7) is 5.54. The monoisotopic (exact) mass is 570 g/mol. The molecule has 2 N–H and O–H groups in total. The summed E-state index contributed by atoms with van der Waals surface area (Å²) in [5, 5.41) is 6.95. The van der Waals surface area contributed by atoms with E-state index >= 15 is 8.78 Å². The van der Waals surface area contributed by atoms with E-state index in [1.54, 1.807) is 6.07 Å². The highest BCUT2D eigenvalue weighted by atomic mass is 32.2. The van der Waals surface area contributed by atoms with E-state index in [9.17, 15) is 17.6 Å². The van der Waals surface area contributed by atoms with E-state index in [1.807, 2.05) is 0 Å². The summed E-state index contributed by atoms with van der Waals surface area (Å²) in [5.74, 6) is -3.62. The van der Waals surface area contributed by atoms with Gasteiger partial charge in [0, 0.05) is 36.3 Å². The van der Waals surface area contributed by atoms with Crippen LogP contribution >= 0.6 is 11.3 Å². The molecule has 9 nitrogen and oxygen atoms in total. The highest BCUT2D eigenvalue weighted by Gasteiger charge is 2.39. The summed E-state index contributed by atoms with van der Waals surface area (Å²) < 4.78 is 82.5. The van der Waals surface area contributed by atoms with Gasteiger partial charge in [-0.05, 0) is 45.0 Å². The van der Waals surface area contributed by atoms with Crippen molar-refractivity contribution in [3.63, 3.8) is 0 Å². The number of nitrogens with zero attached hydrogens (tertiary/aromatic N) is 2. The summed E-state index contributed by atoms with van der Waals surface area (Å²) in [6.07, 6.45) is -1.50. The van der Waals surface area contributed by atoms with Gasteiger partial charge in [0.15, 0.2) is 10.7 Å². The molecular formula is C24H25F3N4O5S2. The number of nitrogens with one attached hydrogen (secondary N) is 2. The van der Waals surface area contributed by atoms with Crippen LogP contribution in [0.5, 0.6) is 5.75 Å². The Morgan fingerprint density at radius 1 is 1.18 bits per heavy atom. The number of hydrogen-bond donors (Lipinski definition) is 2. The van der Waals surface area contributed by atoms with Crippen LogP contribution in [0.1, 0.15) is 26.3 Å². The SMILES string of the molecule is CC(C)(C)OC(=O)N(c1cscn1)S(=O)(=O)c1c(F)cc(NCc2c(F)cccc2OC2CNC2)cc1F. The molecular weight excluding hydrogens is 545 g/mol. The van der Waals surface area contributed by atoms with Gasteiger partial charge in [-0.2, -0.15) is 0 Å². The van der Waals surface area contributed by atoms with E-state index in [0.717, 1.165) is 23.5 Å². The van der Waals surface area contributed by atoms with Crippen LogP contribution < -0.4 is 19.7 Å². The van der Waals surface area contributed by atoms with E-state index in [-0.39, 0.29) is 39.8 Å². The molecule has 2 aromatic carbocycles. The molecule has 1 aliphatic heterocycles. The van der Waals surface area contributed by atoms with Crippen LogP contribution in [0.2, 0.25) is 0 Å². The van der Waals surface area contributed by atoms with Gasteiger partial charge in [0.2, 0.25) is 0 Å². The van der Waals surface area contributed by atoms with Crippen LogP contribution in [0.15, 0.2) is 46.1 Å². The Morgan fingerprint density at radius 3 is 2.42 bits per heavy atom. The molecule has 1 aliphatic rings. The number of sulfonamides is 1. The first-order chi connectivity index (χ1) is 17.9. The smallest absolute Gasteiger partial charge is 0.430 e. The van der Waals surface area contributed by atoms with Crippen molar-refractivity contribution in [2.24, 2.45) is 0 Å². The van der Waals surface area contributed by atoms with Gasteiger partial charge in [-0.3, -0.25) is 0 Å². The number of aromatic nitrogens is 1. The van der Waals surface area contributed by atoms with Gasteiger partial charge in [-0.1, -0.05) is 6.07 Å². The lowest BCUT2D eigenvalue weighted by Crippen LogP contribution is -2.50. The Bertz CT molecular complexity index is 1400. The zero-order chi connectivity index (χ0) is 27.7. The number of anilines is 2. The van der Waals surface area contributed by atoms with Crippen LogP contribution in [0.4, 0.5) is 29.5 Å². The van der Waals surface area contributed by atoms with Crippen LogP contribution in [0, 0.1) is 17.5 Å². The predicted molar refractivity (Wildman–Crippen MR) is 135 cm³/mol. The van der Waals surface area contributed by atoms with E-state index in [1.165, 1.54) is 43.8 Å². The lowest BCUT2D eigenvalue weighted by atomic mass is 10.1. The van der Waals surface area contributed by atoms with Crippen molar-refractivity contribution in [1.82, 2.24) is 10.3 Å². The normalized spacial score (nSPS) is 14.1. The molecule has 0 atom stereocenters. The summed E-state index contributed by atoms with van der Waals surface area (Å²) in [4.78, 5) is 15.2. The predicted octanol–water partition coefficient (Wildman–Crippen LogP) is 4.65. The van der Waals surface area contributed by atoms with Gasteiger partial charge in [-0.15, -0.1) is 15.6 Å². The number of benzene rings is 2. The van der Waals surface area contributed by atoms with Crippen molar-refractivity contribution in [3.8, 4) is 5.75 Å². The van der Waals surface area contributed by atoms with Crippen molar-refractivity contribution in [1.29, 1.82) is 0 Å². The number of thiazole rings is 1. The largest absolute Gasteiger partial charge is 0.487 e. The number of carbonyl (C=O) groups excluding carboxylic acids is 1. The molecule has 0 bridgehead atoms. The molecule has 38 heavy (non-hydrogen) atoms. The van der Waals surface area contributed by atoms with Crippen molar-refractivity contribution in [3.05, 3.63) is 64.2 Å². The van der Waals surface area contributed by atoms with Crippen molar-refractivity contribution in [2.45, 2.75) is 43.9 Å². The second kappa shape index (κ2) is 10.8. The topological polar surface area (TPSA) is 110 Å². The third-order valence-electron chi connectivity index (χ3n) is 5.27. The number of hydrogen-bond acceptors (Lipinski definition) is 9. The average Bonchev–Trinajstić information content (AvgIpc) is 3.27. The third kappa shape index (κ3) is 6.03. The molecule has 0 unspecified atom stereocenters. The Kier molecular flexibility index (Phi) is 7.85. The minimum atomic E-state index is -5.13. The fourth-order valence-corrected chi connectivity index (χ4v) is 5.42. The molecule has 1 fully saturated rings. The molecule has 0 spiro atoms. The van der Waals surface area contributed by atoms with Crippen LogP contribution in [0.25, 0.3) is 0 Å². The molecule has 204 valence electrons. The quantitative estimate of drug-likeness (QED) is 0.403. The summed E-state index contributed by atoms with van der Waals surface area (Å²) >= 11 is 0.974. The number of carbonyl (C=O) groups is 1. The van der Waals surface area contributed by atoms with Crippen LogP contribution in [0.3, 0.4) is 0 Å². The minimum Gasteiger partial charge on any atom is -0.487 e. The Balaban J connectivity index is 1.62. The maximum Gasteiger partial charge on any atom is 0.430 e. The summed E-state index contributed by atoms with van der Waals surface area (Å²) in [7, 11) is -5.13. The molecule has 3 aromatic rings. The minimum absolute atomic E-state index is 0.113. The fourth-order valence-electron chi connectivity index (χ4n) is 3.46. The number of ether oxygens (including phenoxy) is 2. The lowest BCUT2D eigenvalue weighted by Gasteiger charge is -2.29. The zero-order valence-electron chi connectivity index (χ0n) is 20.6. The van der Waals surface area contributed by atoms with Crippen LogP contribution in [-0.4, -0.2) is 44.3 Å².